The van der Waals surface area contributed by atoms with Crippen molar-refractivity contribution in [2.75, 3.05) is 11.5 Å². The predicted octanol–water partition coefficient (Wildman–Crippen LogP) is 3.25. The van der Waals surface area contributed by atoms with Crippen molar-refractivity contribution in [2.45, 2.75) is 10.9 Å². The van der Waals surface area contributed by atoms with Crippen LogP contribution >= 0.6 is 23.4 Å². The molecule has 1 aromatic carbocycles. The molecular formula is C13H13ClFN3S. The molecule has 0 aliphatic rings. The molecule has 1 heterocycles. The molecule has 0 spiro atoms. The van der Waals surface area contributed by atoms with Crippen LogP contribution in [0.15, 0.2) is 41.4 Å². The van der Waals surface area contributed by atoms with Crippen LogP contribution < -0.4 is 11.5 Å². The summed E-state index contributed by atoms with van der Waals surface area (Å²) in [5, 5.41) is 0.482. The fourth-order valence-corrected chi connectivity index (χ4v) is 2.68. The molecular weight excluding hydrogens is 285 g/mol. The van der Waals surface area contributed by atoms with Crippen molar-refractivity contribution in [3.05, 3.63) is 52.9 Å². The van der Waals surface area contributed by atoms with E-state index in [0.717, 1.165) is 0 Å². The molecule has 1 unspecified atom stereocenters. The van der Waals surface area contributed by atoms with Crippen LogP contribution in [0.2, 0.25) is 5.02 Å². The topological polar surface area (TPSA) is 64.9 Å². The highest BCUT2D eigenvalue weighted by molar-refractivity contribution is 7.99. The minimum Gasteiger partial charge on any atom is -0.383 e. The number of hydrogen-bond donors (Lipinski definition) is 2. The first-order valence-electron chi connectivity index (χ1n) is 5.61. The average Bonchev–Trinajstić information content (AvgIpc) is 2.40. The van der Waals surface area contributed by atoms with Crippen molar-refractivity contribution >= 4 is 29.2 Å². The van der Waals surface area contributed by atoms with Gasteiger partial charge in [0.1, 0.15) is 11.6 Å². The number of anilines is 1. The van der Waals surface area contributed by atoms with Gasteiger partial charge < -0.3 is 11.5 Å². The highest BCUT2D eigenvalue weighted by atomic mass is 35.5. The quantitative estimate of drug-likeness (QED) is 0.850. The molecule has 3 nitrogen and oxygen atoms in total. The van der Waals surface area contributed by atoms with Crippen LogP contribution in [-0.4, -0.2) is 10.7 Å². The van der Waals surface area contributed by atoms with Crippen LogP contribution in [-0.2, 0) is 0 Å². The van der Waals surface area contributed by atoms with Crippen LogP contribution in [0, 0.1) is 5.82 Å². The lowest BCUT2D eigenvalue weighted by Gasteiger charge is -2.14. The van der Waals surface area contributed by atoms with E-state index in [9.17, 15) is 4.39 Å². The van der Waals surface area contributed by atoms with Crippen LogP contribution in [0.1, 0.15) is 11.6 Å². The van der Waals surface area contributed by atoms with Crippen molar-refractivity contribution < 1.29 is 4.39 Å². The largest absolute Gasteiger partial charge is 0.383 e. The molecule has 0 radical (unpaired) electrons. The summed E-state index contributed by atoms with van der Waals surface area (Å²) in [4.78, 5) is 4.52. The fourth-order valence-electron chi connectivity index (χ4n) is 1.59. The Bertz CT molecular complexity index is 580. The summed E-state index contributed by atoms with van der Waals surface area (Å²) >= 11 is 7.20. The molecule has 0 bridgehead atoms. The van der Waals surface area contributed by atoms with E-state index in [2.05, 4.69) is 4.98 Å². The van der Waals surface area contributed by atoms with E-state index in [0.29, 0.717) is 27.1 Å². The van der Waals surface area contributed by atoms with E-state index in [1.807, 2.05) is 0 Å². The molecule has 0 saturated heterocycles. The molecule has 2 rings (SSSR count). The maximum Gasteiger partial charge on any atom is 0.136 e. The second-order valence-electron chi connectivity index (χ2n) is 3.98. The first-order valence-corrected chi connectivity index (χ1v) is 6.98. The number of nitrogens with zero attached hydrogens (tertiary/aromatic N) is 1. The van der Waals surface area contributed by atoms with Gasteiger partial charge in [0.25, 0.3) is 0 Å². The number of pyridine rings is 1. The second-order valence-corrected chi connectivity index (χ2v) is 5.47. The number of nitrogens with two attached hydrogens (primary N) is 2. The minimum atomic E-state index is -0.351. The Morgan fingerprint density at radius 2 is 2.11 bits per heavy atom. The molecule has 0 fully saturated rings. The molecule has 6 heteroatoms. The number of nitrogen functional groups attached to an aromatic ring is 1. The zero-order chi connectivity index (χ0) is 13.8. The van der Waals surface area contributed by atoms with Gasteiger partial charge in [0.2, 0.25) is 0 Å². The molecule has 1 aromatic heterocycles. The highest BCUT2D eigenvalue weighted by Gasteiger charge is 2.13. The second kappa shape index (κ2) is 6.23. The van der Waals surface area contributed by atoms with E-state index < -0.39 is 0 Å². The van der Waals surface area contributed by atoms with Crippen LogP contribution in [0.3, 0.4) is 0 Å². The maximum atomic E-state index is 13.5. The monoisotopic (exact) mass is 297 g/mol. The van der Waals surface area contributed by atoms with Gasteiger partial charge in [-0.05, 0) is 18.2 Å². The summed E-state index contributed by atoms with van der Waals surface area (Å²) < 4.78 is 13.5. The lowest BCUT2D eigenvalue weighted by molar-refractivity contribution is 0.602. The number of hydrogen-bond acceptors (Lipinski definition) is 4. The zero-order valence-electron chi connectivity index (χ0n) is 10.0. The standard InChI is InChI=1S/C13H13ClFN3S/c14-8-5-9(13(17)18-6-8)11(16)7-19-12-4-2-1-3-10(12)15/h1-6,11H,7,16H2,(H2,17,18). The third-order valence-electron chi connectivity index (χ3n) is 2.57. The number of benzene rings is 1. The average molecular weight is 298 g/mol. The number of halogens is 2. The first-order chi connectivity index (χ1) is 9.08. The van der Waals surface area contributed by atoms with E-state index in [-0.39, 0.29) is 11.9 Å². The molecule has 2 aromatic rings. The predicted molar refractivity (Wildman–Crippen MR) is 77.7 cm³/mol. The number of thioether (sulfide) groups is 1. The van der Waals surface area contributed by atoms with Gasteiger partial charge in [-0.25, -0.2) is 9.37 Å². The van der Waals surface area contributed by atoms with Gasteiger partial charge in [0.15, 0.2) is 0 Å². The minimum absolute atomic E-state index is 0.253. The van der Waals surface area contributed by atoms with E-state index in [1.54, 1.807) is 24.3 Å². The third-order valence-corrected chi connectivity index (χ3v) is 3.95. The van der Waals surface area contributed by atoms with Crippen LogP contribution in [0.4, 0.5) is 10.2 Å². The molecule has 0 saturated carbocycles. The van der Waals surface area contributed by atoms with Crippen LogP contribution in [0.25, 0.3) is 0 Å². The van der Waals surface area contributed by atoms with E-state index in [4.69, 9.17) is 23.1 Å². The summed E-state index contributed by atoms with van der Waals surface area (Å²) in [6.07, 6.45) is 1.47. The Morgan fingerprint density at radius 1 is 1.37 bits per heavy atom. The Balaban J connectivity index is 2.07. The molecule has 0 aliphatic carbocycles. The third kappa shape index (κ3) is 3.59. The van der Waals surface area contributed by atoms with Crippen LogP contribution in [0.5, 0.6) is 0 Å². The van der Waals surface area contributed by atoms with Gasteiger partial charge in [0, 0.05) is 28.5 Å². The lowest BCUT2D eigenvalue weighted by atomic mass is 10.1. The summed E-state index contributed by atoms with van der Waals surface area (Å²) in [5.74, 6) is 0.593. The van der Waals surface area contributed by atoms with E-state index >= 15 is 0 Å². The van der Waals surface area contributed by atoms with Crippen molar-refractivity contribution in [3.63, 3.8) is 0 Å². The summed E-state index contributed by atoms with van der Waals surface area (Å²) in [6, 6.07) is 7.91. The molecule has 4 N–H and O–H groups in total. The molecule has 1 atom stereocenters. The summed E-state index contributed by atoms with van der Waals surface area (Å²) in [7, 11) is 0. The Labute approximate surface area is 120 Å². The van der Waals surface area contributed by atoms with Gasteiger partial charge >= 0.3 is 0 Å². The zero-order valence-corrected chi connectivity index (χ0v) is 11.6. The molecule has 19 heavy (non-hydrogen) atoms. The lowest BCUT2D eigenvalue weighted by Crippen LogP contribution is -2.15. The fraction of sp³-hybridized carbons (Fsp3) is 0.154. The number of aromatic nitrogens is 1. The number of rotatable bonds is 4. The molecule has 0 aliphatic heterocycles. The van der Waals surface area contributed by atoms with Gasteiger partial charge in [0.05, 0.1) is 5.02 Å². The van der Waals surface area contributed by atoms with Gasteiger partial charge in [-0.1, -0.05) is 23.7 Å². The molecule has 100 valence electrons. The van der Waals surface area contributed by atoms with Gasteiger partial charge in [-0.3, -0.25) is 0 Å². The van der Waals surface area contributed by atoms with Gasteiger partial charge in [-0.2, -0.15) is 0 Å². The Morgan fingerprint density at radius 3 is 2.84 bits per heavy atom. The SMILES string of the molecule is Nc1ncc(Cl)cc1C(N)CSc1ccccc1F. The Kier molecular flexibility index (Phi) is 4.63. The van der Waals surface area contributed by atoms with E-state index in [1.165, 1.54) is 24.0 Å². The normalized spacial score (nSPS) is 12.4. The first kappa shape index (κ1) is 14.1. The van der Waals surface area contributed by atoms with Gasteiger partial charge in [-0.15, -0.1) is 11.8 Å². The molecule has 0 amide bonds. The van der Waals surface area contributed by atoms with Crippen molar-refractivity contribution in [1.82, 2.24) is 4.98 Å². The summed E-state index contributed by atoms with van der Waals surface area (Å²) in [6.45, 7) is 0. The van der Waals surface area contributed by atoms with Crippen molar-refractivity contribution in [2.24, 2.45) is 5.73 Å². The summed E-state index contributed by atoms with van der Waals surface area (Å²) in [5.41, 5.74) is 12.5. The van der Waals surface area contributed by atoms with Crippen molar-refractivity contribution in [3.8, 4) is 0 Å². The smallest absolute Gasteiger partial charge is 0.136 e. The maximum absolute atomic E-state index is 13.5. The highest BCUT2D eigenvalue weighted by Crippen LogP contribution is 2.28. The van der Waals surface area contributed by atoms with Crippen molar-refractivity contribution in [1.29, 1.82) is 0 Å². The Hall–Kier alpha value is -1.30.